The van der Waals surface area contributed by atoms with E-state index >= 15 is 0 Å². The Morgan fingerprint density at radius 3 is 2.54 bits per heavy atom. The molecule has 8 heteroatoms. The average Bonchev–Trinajstić information content (AvgIpc) is 3.21. The van der Waals surface area contributed by atoms with Crippen LogP contribution in [0.1, 0.15) is 21.0 Å². The SMILES string of the molecule is O=C1C(N2CCOC2=O)=C(Cl)C(=O)c2[nH]c(-c3ccccc3)nc21. The molecule has 2 aliphatic rings. The minimum Gasteiger partial charge on any atom is -0.447 e. The molecule has 120 valence electrons. The second kappa shape index (κ2) is 5.31. The Morgan fingerprint density at radius 1 is 1.12 bits per heavy atom. The number of carbonyl (C=O) groups is 3. The van der Waals surface area contributed by atoms with Gasteiger partial charge in [-0.25, -0.2) is 9.78 Å². The number of hydrogen-bond donors (Lipinski definition) is 1. The number of ether oxygens (including phenoxy) is 1. The van der Waals surface area contributed by atoms with Crippen LogP contribution in [0.5, 0.6) is 0 Å². The predicted molar refractivity (Wildman–Crippen MR) is 83.6 cm³/mol. The molecule has 24 heavy (non-hydrogen) atoms. The first-order valence-electron chi connectivity index (χ1n) is 7.17. The van der Waals surface area contributed by atoms with Gasteiger partial charge in [-0.3, -0.25) is 14.5 Å². The Morgan fingerprint density at radius 2 is 1.88 bits per heavy atom. The maximum atomic E-state index is 12.7. The molecule has 2 heterocycles. The number of allylic oxidation sites excluding steroid dienone is 2. The highest BCUT2D eigenvalue weighted by Crippen LogP contribution is 2.32. The number of amides is 1. The van der Waals surface area contributed by atoms with Gasteiger partial charge >= 0.3 is 6.09 Å². The van der Waals surface area contributed by atoms with E-state index < -0.39 is 17.7 Å². The quantitative estimate of drug-likeness (QED) is 0.903. The summed E-state index contributed by atoms with van der Waals surface area (Å²) in [6.07, 6.45) is -0.702. The van der Waals surface area contributed by atoms with Gasteiger partial charge in [0.1, 0.15) is 34.5 Å². The Kier molecular flexibility index (Phi) is 3.24. The monoisotopic (exact) mass is 343 g/mol. The first-order chi connectivity index (χ1) is 11.6. The zero-order valence-electron chi connectivity index (χ0n) is 12.2. The van der Waals surface area contributed by atoms with Gasteiger partial charge < -0.3 is 9.72 Å². The van der Waals surface area contributed by atoms with E-state index in [9.17, 15) is 14.4 Å². The molecular formula is C16H10ClN3O4. The molecule has 1 amide bonds. The minimum absolute atomic E-state index is 0.0279. The van der Waals surface area contributed by atoms with E-state index in [1.807, 2.05) is 18.2 Å². The molecule has 0 spiro atoms. The van der Waals surface area contributed by atoms with Gasteiger partial charge in [-0.2, -0.15) is 0 Å². The van der Waals surface area contributed by atoms with Gasteiger partial charge in [0, 0.05) is 5.56 Å². The van der Waals surface area contributed by atoms with E-state index in [2.05, 4.69) is 9.97 Å². The van der Waals surface area contributed by atoms with Gasteiger partial charge in [0.15, 0.2) is 0 Å². The summed E-state index contributed by atoms with van der Waals surface area (Å²) in [7, 11) is 0. The third-order valence-electron chi connectivity index (χ3n) is 3.85. The topological polar surface area (TPSA) is 92.4 Å². The summed E-state index contributed by atoms with van der Waals surface area (Å²) in [6, 6.07) is 9.08. The fourth-order valence-electron chi connectivity index (χ4n) is 2.70. The molecular weight excluding hydrogens is 334 g/mol. The van der Waals surface area contributed by atoms with Crippen LogP contribution >= 0.6 is 11.6 Å². The number of aromatic amines is 1. The van der Waals surface area contributed by atoms with E-state index in [1.165, 1.54) is 0 Å². The molecule has 1 N–H and O–H groups in total. The van der Waals surface area contributed by atoms with Crippen LogP contribution in [-0.4, -0.2) is 45.7 Å². The molecule has 1 aliphatic carbocycles. The number of nitrogens with one attached hydrogen (secondary N) is 1. The molecule has 0 atom stereocenters. The number of H-pyrrole nitrogens is 1. The summed E-state index contributed by atoms with van der Waals surface area (Å²) in [5.41, 5.74) is 0.534. The lowest BCUT2D eigenvalue weighted by molar-refractivity contribution is 0.0948. The number of halogens is 1. The fraction of sp³-hybridized carbons (Fsp3) is 0.125. The zero-order chi connectivity index (χ0) is 16.8. The van der Waals surface area contributed by atoms with Crippen LogP contribution in [0.25, 0.3) is 11.4 Å². The van der Waals surface area contributed by atoms with Crippen molar-refractivity contribution in [2.45, 2.75) is 0 Å². The lowest BCUT2D eigenvalue weighted by atomic mass is 10.0. The van der Waals surface area contributed by atoms with E-state index in [0.29, 0.717) is 5.82 Å². The number of hydrogen-bond acceptors (Lipinski definition) is 5. The van der Waals surface area contributed by atoms with Crippen LogP contribution < -0.4 is 0 Å². The van der Waals surface area contributed by atoms with Crippen LogP contribution in [0.2, 0.25) is 0 Å². The number of ketones is 2. The number of benzene rings is 1. The largest absolute Gasteiger partial charge is 0.447 e. The molecule has 1 aromatic carbocycles. The summed E-state index contributed by atoms with van der Waals surface area (Å²) in [5.74, 6) is -0.764. The fourth-order valence-corrected chi connectivity index (χ4v) is 2.98. The van der Waals surface area contributed by atoms with Crippen LogP contribution in [-0.2, 0) is 4.74 Å². The first-order valence-corrected chi connectivity index (χ1v) is 7.54. The number of imidazole rings is 1. The van der Waals surface area contributed by atoms with Crippen LogP contribution in [0, 0.1) is 0 Å². The Bertz CT molecular complexity index is 917. The maximum absolute atomic E-state index is 12.7. The molecule has 1 aromatic heterocycles. The third kappa shape index (κ3) is 2.05. The summed E-state index contributed by atoms with van der Waals surface area (Å²) in [5, 5.41) is -0.311. The second-order valence-corrected chi connectivity index (χ2v) is 5.64. The molecule has 0 bridgehead atoms. The Labute approximate surface area is 140 Å². The minimum atomic E-state index is -0.702. The van der Waals surface area contributed by atoms with Crippen molar-refractivity contribution in [1.82, 2.24) is 14.9 Å². The lowest BCUT2D eigenvalue weighted by Gasteiger charge is -2.20. The number of rotatable bonds is 2. The van der Waals surface area contributed by atoms with Crippen molar-refractivity contribution in [3.05, 3.63) is 52.4 Å². The van der Waals surface area contributed by atoms with Crippen molar-refractivity contribution in [3.63, 3.8) is 0 Å². The molecule has 7 nitrogen and oxygen atoms in total. The number of cyclic esters (lactones) is 1. The van der Waals surface area contributed by atoms with Gasteiger partial charge in [0.25, 0.3) is 0 Å². The van der Waals surface area contributed by atoms with Crippen LogP contribution in [0.4, 0.5) is 4.79 Å². The van der Waals surface area contributed by atoms with Crippen molar-refractivity contribution in [2.75, 3.05) is 13.2 Å². The Hall–Kier alpha value is -2.93. The van der Waals surface area contributed by atoms with E-state index in [0.717, 1.165) is 10.5 Å². The van der Waals surface area contributed by atoms with E-state index in [1.54, 1.807) is 12.1 Å². The molecule has 1 fully saturated rings. The van der Waals surface area contributed by atoms with Gasteiger partial charge in [0.2, 0.25) is 11.6 Å². The summed E-state index contributed by atoms with van der Waals surface area (Å²) >= 11 is 6.07. The highest BCUT2D eigenvalue weighted by atomic mass is 35.5. The number of nitrogens with zero attached hydrogens (tertiary/aromatic N) is 2. The molecule has 1 saturated heterocycles. The smallest absolute Gasteiger partial charge is 0.414 e. The highest BCUT2D eigenvalue weighted by Gasteiger charge is 2.41. The number of fused-ring (bicyclic) bond motifs is 1. The number of Topliss-reactive ketones (excluding diaryl/α,β-unsaturated/α-hetero) is 2. The lowest BCUT2D eigenvalue weighted by Crippen LogP contribution is -2.34. The third-order valence-corrected chi connectivity index (χ3v) is 4.20. The average molecular weight is 344 g/mol. The van der Waals surface area contributed by atoms with Crippen LogP contribution in [0.3, 0.4) is 0 Å². The standard InChI is InChI=1S/C16H10ClN3O4/c17-9-12(20-6-7-24-16(20)23)14(22)11-10(13(9)21)18-15(19-11)8-4-2-1-3-5-8/h1-5H,6-7H2,(H,18,19). The van der Waals surface area contributed by atoms with Gasteiger partial charge in [-0.15, -0.1) is 0 Å². The summed E-state index contributed by atoms with van der Waals surface area (Å²) in [6.45, 7) is 0.297. The molecule has 1 aliphatic heterocycles. The molecule has 4 rings (SSSR count). The highest BCUT2D eigenvalue weighted by molar-refractivity contribution is 6.49. The normalized spacial score (nSPS) is 17.4. The zero-order valence-corrected chi connectivity index (χ0v) is 13.0. The first kappa shape index (κ1) is 14.6. The second-order valence-electron chi connectivity index (χ2n) is 5.26. The molecule has 0 unspecified atom stereocenters. The van der Waals surface area contributed by atoms with Crippen LogP contribution in [0.15, 0.2) is 41.1 Å². The molecule has 2 aromatic rings. The summed E-state index contributed by atoms with van der Waals surface area (Å²) < 4.78 is 4.82. The van der Waals surface area contributed by atoms with Crippen molar-refractivity contribution in [3.8, 4) is 11.4 Å². The van der Waals surface area contributed by atoms with Crippen molar-refractivity contribution < 1.29 is 19.1 Å². The summed E-state index contributed by atoms with van der Waals surface area (Å²) in [4.78, 5) is 45.1. The van der Waals surface area contributed by atoms with E-state index in [-0.39, 0.29) is 35.3 Å². The van der Waals surface area contributed by atoms with Crippen molar-refractivity contribution in [2.24, 2.45) is 0 Å². The van der Waals surface area contributed by atoms with E-state index in [4.69, 9.17) is 16.3 Å². The van der Waals surface area contributed by atoms with Gasteiger partial charge in [0.05, 0.1) is 6.54 Å². The number of carbonyl (C=O) groups excluding carboxylic acids is 3. The maximum Gasteiger partial charge on any atom is 0.414 e. The van der Waals surface area contributed by atoms with Crippen molar-refractivity contribution in [1.29, 1.82) is 0 Å². The molecule has 0 saturated carbocycles. The van der Waals surface area contributed by atoms with Crippen molar-refractivity contribution >= 4 is 29.3 Å². The Balaban J connectivity index is 1.81. The van der Waals surface area contributed by atoms with Gasteiger partial charge in [-0.1, -0.05) is 41.9 Å². The van der Waals surface area contributed by atoms with Gasteiger partial charge in [-0.05, 0) is 0 Å². The predicted octanol–water partition coefficient (Wildman–Crippen LogP) is 2.36. The number of aromatic nitrogens is 2. The molecule has 0 radical (unpaired) electrons.